The minimum Gasteiger partial charge on any atom is -0.378 e. The van der Waals surface area contributed by atoms with Crippen LogP contribution >= 0.6 is 0 Å². The van der Waals surface area contributed by atoms with Crippen LogP contribution in [0.2, 0.25) is 0 Å². The molecule has 2 amide bonds. The van der Waals surface area contributed by atoms with Crippen LogP contribution in [0.1, 0.15) is 39.5 Å². The number of carbonyl (C=O) groups is 2. The normalized spacial score (nSPS) is 10.2. The Morgan fingerprint density at radius 1 is 0.826 bits per heavy atom. The van der Waals surface area contributed by atoms with Gasteiger partial charge in [-0.1, -0.05) is 39.8 Å². The quantitative estimate of drug-likeness (QED) is 0.364. The molecule has 0 saturated heterocycles. The molecule has 0 aromatic carbocycles. The Hall–Kier alpha value is -1.62. The molecule has 0 aliphatic heterocycles. The average Bonchev–Trinajstić information content (AvgIpc) is 2.58. The van der Waals surface area contributed by atoms with Gasteiger partial charge in [-0.3, -0.25) is 9.59 Å². The summed E-state index contributed by atoms with van der Waals surface area (Å²) in [7, 11) is 0. The van der Waals surface area contributed by atoms with Gasteiger partial charge in [-0.2, -0.15) is 0 Å². The van der Waals surface area contributed by atoms with Crippen molar-refractivity contribution >= 4 is 11.8 Å². The smallest absolute Gasteiger partial charge is 0.246 e. The van der Waals surface area contributed by atoms with Crippen molar-refractivity contribution in [2.24, 2.45) is 0 Å². The molecule has 5 heteroatoms. The molecule has 0 bridgehead atoms. The van der Waals surface area contributed by atoms with Crippen LogP contribution in [-0.4, -0.2) is 61.0 Å². The monoisotopic (exact) mass is 324 g/mol. The topological polar surface area (TPSA) is 49.9 Å². The molecular weight excluding hydrogens is 292 g/mol. The lowest BCUT2D eigenvalue weighted by molar-refractivity contribution is -0.127. The van der Waals surface area contributed by atoms with Crippen LogP contribution in [0.3, 0.4) is 0 Å². The minimum atomic E-state index is -0.0616. The second-order valence-electron chi connectivity index (χ2n) is 5.38. The van der Waals surface area contributed by atoms with Gasteiger partial charge in [-0.25, -0.2) is 0 Å². The average molecular weight is 324 g/mol. The molecular formula is C18H32N2O3. The van der Waals surface area contributed by atoms with Crippen LogP contribution in [0.25, 0.3) is 0 Å². The summed E-state index contributed by atoms with van der Waals surface area (Å²) < 4.78 is 5.59. The van der Waals surface area contributed by atoms with Crippen molar-refractivity contribution in [3.63, 3.8) is 0 Å². The first-order chi connectivity index (χ1) is 11.1. The molecule has 0 rings (SSSR count). The number of hydrogen-bond donors (Lipinski definition) is 0. The molecule has 0 unspecified atom stereocenters. The highest BCUT2D eigenvalue weighted by Crippen LogP contribution is 1.99. The van der Waals surface area contributed by atoms with Gasteiger partial charge in [0, 0.05) is 26.2 Å². The molecule has 0 aromatic rings. The number of nitrogens with zero attached hydrogens (tertiary/aromatic N) is 2. The van der Waals surface area contributed by atoms with Gasteiger partial charge < -0.3 is 14.5 Å². The van der Waals surface area contributed by atoms with Gasteiger partial charge in [0.2, 0.25) is 11.8 Å². The molecule has 0 aromatic heterocycles. The fraction of sp³-hybridized carbons (Fsp3) is 0.667. The summed E-state index contributed by atoms with van der Waals surface area (Å²) in [4.78, 5) is 26.9. The Morgan fingerprint density at radius 2 is 1.22 bits per heavy atom. The van der Waals surface area contributed by atoms with E-state index >= 15 is 0 Å². The van der Waals surface area contributed by atoms with E-state index in [9.17, 15) is 9.59 Å². The molecule has 0 aliphatic rings. The first-order valence-corrected chi connectivity index (χ1v) is 8.51. The highest BCUT2D eigenvalue weighted by atomic mass is 16.5. The molecule has 0 N–H and O–H groups in total. The van der Waals surface area contributed by atoms with Gasteiger partial charge in [-0.15, -0.1) is 0 Å². The Balaban J connectivity index is 4.09. The maximum atomic E-state index is 11.7. The number of carbonyl (C=O) groups excluding carboxylic acids is 2. The lowest BCUT2D eigenvalue weighted by atomic mass is 10.3. The molecule has 0 spiro atoms. The van der Waals surface area contributed by atoms with Crippen LogP contribution in [0.5, 0.6) is 0 Å². The summed E-state index contributed by atoms with van der Waals surface area (Å²) in [5.41, 5.74) is 0. The molecule has 0 atom stereocenters. The second kappa shape index (κ2) is 14.0. The van der Waals surface area contributed by atoms with Crippen molar-refractivity contribution in [3.05, 3.63) is 25.3 Å². The summed E-state index contributed by atoms with van der Waals surface area (Å²) in [6.45, 7) is 14.7. The van der Waals surface area contributed by atoms with E-state index in [2.05, 4.69) is 27.0 Å². The second-order valence-corrected chi connectivity index (χ2v) is 5.38. The Kier molecular flexibility index (Phi) is 13.0. The molecule has 23 heavy (non-hydrogen) atoms. The molecule has 5 nitrogen and oxygen atoms in total. The van der Waals surface area contributed by atoms with Crippen molar-refractivity contribution in [2.45, 2.75) is 39.5 Å². The van der Waals surface area contributed by atoms with E-state index in [1.165, 1.54) is 12.2 Å². The van der Waals surface area contributed by atoms with Gasteiger partial charge in [0.1, 0.15) is 0 Å². The summed E-state index contributed by atoms with van der Waals surface area (Å²) in [5.74, 6) is -0.123. The number of ether oxygens (including phenoxy) is 1. The summed E-state index contributed by atoms with van der Waals surface area (Å²) in [6.07, 6.45) is 6.70. The fourth-order valence-electron chi connectivity index (χ4n) is 2.07. The SMILES string of the molecule is C=CC(=O)N(CCCC)CCOCCN(CCCC)C(=O)C=C. The van der Waals surface area contributed by atoms with Gasteiger partial charge in [0.05, 0.1) is 13.2 Å². The zero-order valence-electron chi connectivity index (χ0n) is 14.8. The molecule has 0 heterocycles. The minimum absolute atomic E-state index is 0.0616. The molecule has 0 aliphatic carbocycles. The summed E-state index contributed by atoms with van der Waals surface area (Å²) in [5, 5.41) is 0. The number of unbranched alkanes of at least 4 members (excludes halogenated alkanes) is 2. The highest BCUT2D eigenvalue weighted by Gasteiger charge is 2.11. The largest absolute Gasteiger partial charge is 0.378 e. The van der Waals surface area contributed by atoms with E-state index in [0.29, 0.717) is 26.3 Å². The highest BCUT2D eigenvalue weighted by molar-refractivity contribution is 5.87. The Bertz CT molecular complexity index is 335. The first-order valence-electron chi connectivity index (χ1n) is 8.51. The zero-order valence-corrected chi connectivity index (χ0v) is 14.8. The predicted molar refractivity (Wildman–Crippen MR) is 94.2 cm³/mol. The van der Waals surface area contributed by atoms with Crippen LogP contribution in [0.4, 0.5) is 0 Å². The van der Waals surface area contributed by atoms with Gasteiger partial charge >= 0.3 is 0 Å². The zero-order chi connectivity index (χ0) is 17.5. The van der Waals surface area contributed by atoms with Crippen LogP contribution in [-0.2, 0) is 14.3 Å². The number of amides is 2. The fourth-order valence-corrected chi connectivity index (χ4v) is 2.07. The molecule has 132 valence electrons. The lowest BCUT2D eigenvalue weighted by Gasteiger charge is -2.23. The molecule has 0 radical (unpaired) electrons. The van der Waals surface area contributed by atoms with Crippen LogP contribution in [0, 0.1) is 0 Å². The van der Waals surface area contributed by atoms with Crippen molar-refractivity contribution in [1.82, 2.24) is 9.80 Å². The van der Waals surface area contributed by atoms with E-state index in [-0.39, 0.29) is 11.8 Å². The van der Waals surface area contributed by atoms with Crippen LogP contribution in [0.15, 0.2) is 25.3 Å². The Morgan fingerprint density at radius 3 is 1.52 bits per heavy atom. The van der Waals surface area contributed by atoms with E-state index in [1.807, 2.05) is 0 Å². The third-order valence-electron chi connectivity index (χ3n) is 3.55. The first kappa shape index (κ1) is 21.4. The van der Waals surface area contributed by atoms with E-state index < -0.39 is 0 Å². The third-order valence-corrected chi connectivity index (χ3v) is 3.55. The third kappa shape index (κ3) is 9.89. The van der Waals surface area contributed by atoms with Crippen molar-refractivity contribution in [2.75, 3.05) is 39.4 Å². The Labute approximate surface area is 141 Å². The van der Waals surface area contributed by atoms with Crippen molar-refractivity contribution in [1.29, 1.82) is 0 Å². The number of rotatable bonds is 14. The molecule has 0 saturated carbocycles. The van der Waals surface area contributed by atoms with E-state index in [0.717, 1.165) is 38.8 Å². The van der Waals surface area contributed by atoms with Gasteiger partial charge in [-0.05, 0) is 25.0 Å². The van der Waals surface area contributed by atoms with Crippen molar-refractivity contribution < 1.29 is 14.3 Å². The van der Waals surface area contributed by atoms with Gasteiger partial charge in [0.25, 0.3) is 0 Å². The maximum absolute atomic E-state index is 11.7. The maximum Gasteiger partial charge on any atom is 0.246 e. The molecule has 0 fully saturated rings. The lowest BCUT2D eigenvalue weighted by Crippen LogP contribution is -2.36. The predicted octanol–water partition coefficient (Wildman–Crippen LogP) is 2.63. The van der Waals surface area contributed by atoms with E-state index in [4.69, 9.17) is 4.74 Å². The van der Waals surface area contributed by atoms with Gasteiger partial charge in [0.15, 0.2) is 0 Å². The van der Waals surface area contributed by atoms with Crippen molar-refractivity contribution in [3.8, 4) is 0 Å². The van der Waals surface area contributed by atoms with Crippen LogP contribution < -0.4 is 0 Å². The standard InChI is InChI=1S/C18H32N2O3/c1-5-9-11-19(17(21)7-3)13-15-23-16-14-20(12-10-6-2)18(22)8-4/h7-8H,3-6,9-16H2,1-2H3. The van der Waals surface area contributed by atoms with E-state index in [1.54, 1.807) is 9.80 Å². The summed E-state index contributed by atoms with van der Waals surface area (Å²) >= 11 is 0. The summed E-state index contributed by atoms with van der Waals surface area (Å²) in [6, 6.07) is 0. The number of hydrogen-bond acceptors (Lipinski definition) is 3.